The van der Waals surface area contributed by atoms with E-state index in [1.165, 1.54) is 5.56 Å². The van der Waals surface area contributed by atoms with Crippen LogP contribution in [0.4, 0.5) is 5.69 Å². The Hall–Kier alpha value is -1.69. The van der Waals surface area contributed by atoms with Crippen molar-refractivity contribution in [3.8, 4) is 5.75 Å². The zero-order valence-corrected chi connectivity index (χ0v) is 16.5. The van der Waals surface area contributed by atoms with Gasteiger partial charge in [0.15, 0.2) is 5.75 Å². The SMILES string of the molecule is Cc1cc(Br)c(N)c(OC=C2CN(Cc3ccccc3)CCO2)c1.Cl. The molecule has 0 aromatic heterocycles. The molecule has 0 spiro atoms. The minimum absolute atomic E-state index is 0. The van der Waals surface area contributed by atoms with Crippen molar-refractivity contribution in [1.29, 1.82) is 0 Å². The highest BCUT2D eigenvalue weighted by atomic mass is 79.9. The van der Waals surface area contributed by atoms with Gasteiger partial charge in [0.25, 0.3) is 0 Å². The predicted octanol–water partition coefficient (Wildman–Crippen LogP) is 4.51. The van der Waals surface area contributed by atoms with E-state index in [9.17, 15) is 0 Å². The highest BCUT2D eigenvalue weighted by Gasteiger charge is 2.16. The summed E-state index contributed by atoms with van der Waals surface area (Å²) in [6.45, 7) is 5.20. The second-order valence-corrected chi connectivity index (χ2v) is 6.76. The Bertz CT molecular complexity index is 738. The van der Waals surface area contributed by atoms with Crippen molar-refractivity contribution in [3.05, 3.63) is 70.1 Å². The Morgan fingerprint density at radius 1 is 1.28 bits per heavy atom. The number of nitrogens with two attached hydrogens (primary N) is 1. The van der Waals surface area contributed by atoms with Crippen LogP contribution in [0.1, 0.15) is 11.1 Å². The van der Waals surface area contributed by atoms with Crippen molar-refractivity contribution in [2.24, 2.45) is 0 Å². The number of benzene rings is 2. The molecule has 2 aromatic rings. The van der Waals surface area contributed by atoms with Crippen LogP contribution in [0.3, 0.4) is 0 Å². The minimum Gasteiger partial charge on any atom is -0.492 e. The van der Waals surface area contributed by atoms with Gasteiger partial charge in [-0.05, 0) is 46.1 Å². The molecular formula is C19H22BrClN2O2. The fourth-order valence-corrected chi connectivity index (χ4v) is 3.20. The van der Waals surface area contributed by atoms with Crippen LogP contribution in [-0.2, 0) is 11.3 Å². The van der Waals surface area contributed by atoms with Gasteiger partial charge in [-0.25, -0.2) is 0 Å². The largest absolute Gasteiger partial charge is 0.492 e. The number of aryl methyl sites for hydroxylation is 1. The number of nitrogen functional groups attached to an aromatic ring is 1. The van der Waals surface area contributed by atoms with E-state index in [4.69, 9.17) is 15.2 Å². The molecule has 0 radical (unpaired) electrons. The standard InChI is InChI=1S/C19H21BrN2O2.ClH/c1-14-9-17(20)19(21)18(10-14)24-13-16-12-22(7-8-23-16)11-15-5-3-2-4-6-15;/h2-6,9-10,13H,7-8,11-12,21H2,1H3;1H. The summed E-state index contributed by atoms with van der Waals surface area (Å²) in [5.74, 6) is 1.45. The Kier molecular flexibility index (Phi) is 7.17. The molecule has 2 N–H and O–H groups in total. The molecule has 1 aliphatic heterocycles. The summed E-state index contributed by atoms with van der Waals surface area (Å²) >= 11 is 3.44. The fourth-order valence-electron chi connectivity index (χ4n) is 2.65. The maximum absolute atomic E-state index is 6.04. The first-order chi connectivity index (χ1) is 11.6. The molecule has 0 atom stereocenters. The van der Waals surface area contributed by atoms with Crippen molar-refractivity contribution >= 4 is 34.0 Å². The van der Waals surface area contributed by atoms with Gasteiger partial charge in [-0.15, -0.1) is 12.4 Å². The van der Waals surface area contributed by atoms with Gasteiger partial charge in [0.2, 0.25) is 0 Å². The van der Waals surface area contributed by atoms with Gasteiger partial charge in [-0.2, -0.15) is 0 Å². The van der Waals surface area contributed by atoms with Gasteiger partial charge in [-0.1, -0.05) is 30.3 Å². The van der Waals surface area contributed by atoms with E-state index in [1.807, 2.05) is 25.1 Å². The number of halogens is 2. The first-order valence-corrected chi connectivity index (χ1v) is 8.71. The van der Waals surface area contributed by atoms with Gasteiger partial charge in [0, 0.05) is 17.6 Å². The number of hydrogen-bond donors (Lipinski definition) is 1. The van der Waals surface area contributed by atoms with E-state index >= 15 is 0 Å². The zero-order chi connectivity index (χ0) is 16.9. The summed E-state index contributed by atoms with van der Waals surface area (Å²) < 4.78 is 12.3. The Morgan fingerprint density at radius 2 is 2.04 bits per heavy atom. The second-order valence-electron chi connectivity index (χ2n) is 5.91. The van der Waals surface area contributed by atoms with E-state index in [-0.39, 0.29) is 12.4 Å². The summed E-state index contributed by atoms with van der Waals surface area (Å²) in [6, 6.07) is 14.3. The van der Waals surface area contributed by atoms with E-state index in [2.05, 4.69) is 45.1 Å². The molecule has 3 rings (SSSR count). The Balaban J connectivity index is 0.00000225. The van der Waals surface area contributed by atoms with Gasteiger partial charge in [0.05, 0.1) is 12.2 Å². The van der Waals surface area contributed by atoms with E-state index in [0.29, 0.717) is 18.0 Å². The van der Waals surface area contributed by atoms with E-state index in [0.717, 1.165) is 35.4 Å². The van der Waals surface area contributed by atoms with E-state index in [1.54, 1.807) is 6.26 Å². The van der Waals surface area contributed by atoms with Crippen molar-refractivity contribution in [1.82, 2.24) is 4.90 Å². The first-order valence-electron chi connectivity index (χ1n) is 7.92. The highest BCUT2D eigenvalue weighted by Crippen LogP contribution is 2.31. The molecule has 0 unspecified atom stereocenters. The first kappa shape index (κ1) is 19.6. The van der Waals surface area contributed by atoms with Gasteiger partial charge in [-0.3, -0.25) is 4.90 Å². The molecule has 134 valence electrons. The molecule has 1 aliphatic rings. The number of ether oxygens (including phenoxy) is 2. The maximum atomic E-state index is 6.04. The zero-order valence-electron chi connectivity index (χ0n) is 14.1. The molecule has 1 fully saturated rings. The smallest absolute Gasteiger partial charge is 0.151 e. The number of hydrogen-bond acceptors (Lipinski definition) is 4. The lowest BCUT2D eigenvalue weighted by molar-refractivity contribution is 0.0843. The molecular weight excluding hydrogens is 404 g/mol. The Morgan fingerprint density at radius 3 is 2.80 bits per heavy atom. The fraction of sp³-hybridized carbons (Fsp3) is 0.263. The van der Waals surface area contributed by atoms with Crippen LogP contribution in [0.15, 0.2) is 59.0 Å². The molecule has 25 heavy (non-hydrogen) atoms. The summed E-state index contributed by atoms with van der Waals surface area (Å²) in [5.41, 5.74) is 9.02. The van der Waals surface area contributed by atoms with Crippen LogP contribution in [-0.4, -0.2) is 24.6 Å². The number of morpholine rings is 1. The summed E-state index contributed by atoms with van der Waals surface area (Å²) in [5, 5.41) is 0. The third kappa shape index (κ3) is 5.39. The normalized spacial score (nSPS) is 16.2. The molecule has 0 aliphatic carbocycles. The van der Waals surface area contributed by atoms with Crippen molar-refractivity contribution in [2.45, 2.75) is 13.5 Å². The van der Waals surface area contributed by atoms with Crippen LogP contribution < -0.4 is 10.5 Å². The quantitative estimate of drug-likeness (QED) is 0.578. The molecule has 0 amide bonds. The molecule has 0 bridgehead atoms. The lowest BCUT2D eigenvalue weighted by Gasteiger charge is -2.28. The minimum atomic E-state index is 0. The van der Waals surface area contributed by atoms with E-state index < -0.39 is 0 Å². The molecule has 1 saturated heterocycles. The lowest BCUT2D eigenvalue weighted by atomic mass is 10.2. The molecule has 1 heterocycles. The van der Waals surface area contributed by atoms with Gasteiger partial charge in [0.1, 0.15) is 18.6 Å². The van der Waals surface area contributed by atoms with Crippen LogP contribution in [0, 0.1) is 6.92 Å². The van der Waals surface area contributed by atoms with Gasteiger partial charge >= 0.3 is 0 Å². The van der Waals surface area contributed by atoms with Crippen LogP contribution in [0.2, 0.25) is 0 Å². The summed E-state index contributed by atoms with van der Waals surface area (Å²) in [6.07, 6.45) is 1.66. The van der Waals surface area contributed by atoms with Crippen molar-refractivity contribution < 1.29 is 9.47 Å². The summed E-state index contributed by atoms with van der Waals surface area (Å²) in [4.78, 5) is 2.34. The van der Waals surface area contributed by atoms with Crippen LogP contribution in [0.25, 0.3) is 0 Å². The topological polar surface area (TPSA) is 47.7 Å². The Labute approximate surface area is 163 Å². The second kappa shape index (κ2) is 9.13. The number of nitrogens with zero attached hydrogens (tertiary/aromatic N) is 1. The van der Waals surface area contributed by atoms with Crippen LogP contribution >= 0.6 is 28.3 Å². The third-order valence-corrected chi connectivity index (χ3v) is 4.53. The number of anilines is 1. The number of rotatable bonds is 4. The molecule has 0 saturated carbocycles. The van der Waals surface area contributed by atoms with Crippen molar-refractivity contribution in [3.63, 3.8) is 0 Å². The van der Waals surface area contributed by atoms with Crippen molar-refractivity contribution in [2.75, 3.05) is 25.4 Å². The third-order valence-electron chi connectivity index (χ3n) is 3.88. The maximum Gasteiger partial charge on any atom is 0.151 e. The monoisotopic (exact) mass is 424 g/mol. The van der Waals surface area contributed by atoms with Crippen LogP contribution in [0.5, 0.6) is 5.75 Å². The average molecular weight is 426 g/mol. The van der Waals surface area contributed by atoms with Gasteiger partial charge < -0.3 is 15.2 Å². The highest BCUT2D eigenvalue weighted by molar-refractivity contribution is 9.10. The molecule has 6 heteroatoms. The molecule has 4 nitrogen and oxygen atoms in total. The molecule has 2 aromatic carbocycles. The predicted molar refractivity (Wildman–Crippen MR) is 107 cm³/mol. The lowest BCUT2D eigenvalue weighted by Crippen LogP contribution is -2.34. The summed E-state index contributed by atoms with van der Waals surface area (Å²) in [7, 11) is 0. The average Bonchev–Trinajstić information content (AvgIpc) is 2.58.